The average molecular weight is 373 g/mol. The molecule has 0 radical (unpaired) electrons. The molecule has 0 rings (SSSR count). The molecule has 0 amide bonds. The molecule has 0 N–H and O–H groups in total. The molecule has 9 heteroatoms. The van der Waals surface area contributed by atoms with Gasteiger partial charge >= 0.3 is 77.3 Å². The molecule has 0 saturated heterocycles. The Kier molecular flexibility index (Phi) is 22.3. The molecule has 0 fully saturated rings. The monoisotopic (exact) mass is 376 g/mol. The first kappa shape index (κ1) is 16.7. The molecule has 0 aromatic carbocycles. The average Bonchev–Trinajstić information content (AvgIpc) is 1.25. The maximum absolute atomic E-state index is 8.54. The Morgan fingerprint density at radius 1 is 0.778 bits per heavy atom. The first-order chi connectivity index (χ1) is 3.46. The van der Waals surface area contributed by atoms with Crippen molar-refractivity contribution in [3.05, 3.63) is 0 Å². The molecule has 0 bridgehead atoms. The van der Waals surface area contributed by atoms with Gasteiger partial charge in [0, 0.05) is 0 Å². The van der Waals surface area contributed by atoms with Crippen LogP contribution in [0.25, 0.3) is 0 Å². The molecular formula is O6Se2Sn. The van der Waals surface area contributed by atoms with Crippen molar-refractivity contribution in [1.82, 2.24) is 0 Å². The third-order valence-corrected chi connectivity index (χ3v) is 0. The second kappa shape index (κ2) is 12.0. The SMILES string of the molecule is O=[Se]([O-])[O-].O=[Se]([O-])[O-].[Sn+4]. The smallest absolute Gasteiger partial charge is 4.00 e. The molecule has 9 heavy (non-hydrogen) atoms. The Bertz CT molecular complexity index is 69.1. The Hall–Kier alpha value is 1.28. The first-order valence-electron chi connectivity index (χ1n) is 1.00. The van der Waals surface area contributed by atoms with E-state index in [-0.39, 0.29) is 23.9 Å². The van der Waals surface area contributed by atoms with Crippen molar-refractivity contribution in [1.29, 1.82) is 0 Å². The van der Waals surface area contributed by atoms with E-state index in [9.17, 15) is 0 Å². The van der Waals surface area contributed by atoms with E-state index < -0.39 is 29.0 Å². The number of hydrogen-bond acceptors (Lipinski definition) is 6. The summed E-state index contributed by atoms with van der Waals surface area (Å²) in [6, 6.07) is 0. The maximum atomic E-state index is 8.54. The van der Waals surface area contributed by atoms with Gasteiger partial charge in [0.1, 0.15) is 0 Å². The minimum atomic E-state index is -3.79. The summed E-state index contributed by atoms with van der Waals surface area (Å²) >= 11 is -7.58. The Morgan fingerprint density at radius 2 is 0.778 bits per heavy atom. The minimum absolute atomic E-state index is 0. The molecule has 0 aliphatic heterocycles. The molecule has 6 nitrogen and oxygen atoms in total. The third-order valence-electron chi connectivity index (χ3n) is 0. The van der Waals surface area contributed by atoms with Gasteiger partial charge in [0.15, 0.2) is 0 Å². The van der Waals surface area contributed by atoms with Crippen molar-refractivity contribution in [2.75, 3.05) is 0 Å². The van der Waals surface area contributed by atoms with Crippen LogP contribution < -0.4 is 16.8 Å². The summed E-state index contributed by atoms with van der Waals surface area (Å²) in [7, 11) is 0. The van der Waals surface area contributed by atoms with Gasteiger partial charge in [0.05, 0.1) is 0 Å². The van der Waals surface area contributed by atoms with Crippen LogP contribution in [0, 0.1) is 0 Å². The summed E-state index contributed by atoms with van der Waals surface area (Å²) in [6.07, 6.45) is 0. The zero-order valence-electron chi connectivity index (χ0n) is 3.77. The van der Waals surface area contributed by atoms with Crippen LogP contribution in [0.2, 0.25) is 0 Å². The van der Waals surface area contributed by atoms with Crippen LogP contribution >= 0.6 is 0 Å². The predicted molar refractivity (Wildman–Crippen MR) is 18.6 cm³/mol. The summed E-state index contributed by atoms with van der Waals surface area (Å²) in [6.45, 7) is 0. The largest absolute Gasteiger partial charge is 4.00 e. The Labute approximate surface area is 76.9 Å². The van der Waals surface area contributed by atoms with Gasteiger partial charge in [-0.25, -0.2) is 0 Å². The normalized spacial score (nSPS) is 7.78. The molecule has 0 spiro atoms. The molecule has 0 heterocycles. The molecule has 0 aliphatic rings. The van der Waals surface area contributed by atoms with E-state index in [0.717, 1.165) is 0 Å². The van der Waals surface area contributed by atoms with Crippen LogP contribution in [0.3, 0.4) is 0 Å². The van der Waals surface area contributed by atoms with Gasteiger partial charge in [-0.05, 0) is 0 Å². The van der Waals surface area contributed by atoms with E-state index in [0.29, 0.717) is 0 Å². The standard InChI is InChI=1S/2H2O3Se.Sn/c2*1-4(2)3;/h2*(H2,1,2,3);/q;;+4/p-4. The third kappa shape index (κ3) is 301. The van der Waals surface area contributed by atoms with Crippen molar-refractivity contribution in [2.45, 2.75) is 0 Å². The van der Waals surface area contributed by atoms with Gasteiger partial charge in [-0.3, -0.25) is 0 Å². The van der Waals surface area contributed by atoms with Gasteiger partial charge in [-0.2, -0.15) is 0 Å². The summed E-state index contributed by atoms with van der Waals surface area (Å²) in [5, 5.41) is 0. The van der Waals surface area contributed by atoms with E-state index in [1.54, 1.807) is 0 Å². The van der Waals surface area contributed by atoms with Gasteiger partial charge in [0.2, 0.25) is 0 Å². The van der Waals surface area contributed by atoms with Crippen LogP contribution in [0.5, 0.6) is 0 Å². The molecule has 0 saturated carbocycles. The first-order valence-corrected chi connectivity index (χ1v) is 5.20. The fourth-order valence-electron chi connectivity index (χ4n) is 0. The molecule has 0 atom stereocenters. The van der Waals surface area contributed by atoms with Crippen LogP contribution in [-0.4, -0.2) is 52.9 Å². The zero-order chi connectivity index (χ0) is 7.15. The fraction of sp³-hybridized carbons (Fsp3) is 0. The Morgan fingerprint density at radius 3 is 0.778 bits per heavy atom. The van der Waals surface area contributed by atoms with Crippen LogP contribution in [-0.2, 0) is 7.67 Å². The molecular weight excluding hydrogens is 373 g/mol. The van der Waals surface area contributed by atoms with Gasteiger partial charge < -0.3 is 0 Å². The van der Waals surface area contributed by atoms with E-state index in [2.05, 4.69) is 0 Å². The van der Waals surface area contributed by atoms with E-state index >= 15 is 0 Å². The van der Waals surface area contributed by atoms with E-state index in [1.165, 1.54) is 0 Å². The van der Waals surface area contributed by atoms with E-state index in [1.807, 2.05) is 0 Å². The van der Waals surface area contributed by atoms with Crippen molar-refractivity contribution in [3.63, 3.8) is 0 Å². The van der Waals surface area contributed by atoms with Crippen LogP contribution in [0.1, 0.15) is 0 Å². The van der Waals surface area contributed by atoms with Crippen molar-refractivity contribution in [2.24, 2.45) is 0 Å². The number of hydrogen-bond donors (Lipinski definition) is 0. The predicted octanol–water partition coefficient (Wildman–Crippen LogP) is -6.14. The van der Waals surface area contributed by atoms with Crippen molar-refractivity contribution >= 4 is 52.9 Å². The maximum Gasteiger partial charge on any atom is 4.00 e. The van der Waals surface area contributed by atoms with Crippen LogP contribution in [0.15, 0.2) is 0 Å². The summed E-state index contributed by atoms with van der Waals surface area (Å²) in [4.78, 5) is 0. The minimum Gasteiger partial charge on any atom is 4.00 e. The van der Waals surface area contributed by atoms with Crippen molar-refractivity contribution < 1.29 is 24.4 Å². The molecule has 0 unspecified atom stereocenters. The molecule has 0 aromatic rings. The summed E-state index contributed by atoms with van der Waals surface area (Å²) < 4.78 is 51.2. The summed E-state index contributed by atoms with van der Waals surface area (Å²) in [5.41, 5.74) is 0. The van der Waals surface area contributed by atoms with Gasteiger partial charge in [-0.1, -0.05) is 0 Å². The van der Waals surface area contributed by atoms with Gasteiger partial charge in [0.25, 0.3) is 0 Å². The number of rotatable bonds is 0. The Balaban J connectivity index is -0.0000000720. The van der Waals surface area contributed by atoms with E-state index in [4.69, 9.17) is 24.4 Å². The van der Waals surface area contributed by atoms with Gasteiger partial charge in [-0.15, -0.1) is 0 Å². The molecule has 0 aliphatic carbocycles. The second-order valence-electron chi connectivity index (χ2n) is 0.408. The quantitative estimate of drug-likeness (QED) is 0.389. The zero-order valence-corrected chi connectivity index (χ0v) is 10.0. The molecule has 0 aromatic heterocycles. The van der Waals surface area contributed by atoms with Crippen LogP contribution in [0.4, 0.5) is 0 Å². The molecule has 52 valence electrons. The summed E-state index contributed by atoms with van der Waals surface area (Å²) in [5.74, 6) is 0. The van der Waals surface area contributed by atoms with Crippen molar-refractivity contribution in [3.8, 4) is 0 Å². The second-order valence-corrected chi connectivity index (χ2v) is 2.12. The fourth-order valence-corrected chi connectivity index (χ4v) is 0. The topological polar surface area (TPSA) is 126 Å².